The number of hydrogen-bond acceptors (Lipinski definition) is 8. The number of benzene rings is 1. The van der Waals surface area contributed by atoms with Crippen LogP contribution in [-0.2, 0) is 40.0 Å². The van der Waals surface area contributed by atoms with Gasteiger partial charge in [-0.2, -0.15) is 0 Å². The lowest BCUT2D eigenvalue weighted by Gasteiger charge is -2.29. The molecule has 16 heteroatoms. The molecular weight excluding hydrogens is 646 g/mol. The lowest BCUT2D eigenvalue weighted by atomic mass is 9.99. The minimum atomic E-state index is -1.50. The van der Waals surface area contributed by atoms with Crippen molar-refractivity contribution in [3.63, 3.8) is 0 Å². The Labute approximate surface area is 291 Å². The second kappa shape index (κ2) is 18.1. The molecule has 0 aliphatic carbocycles. The van der Waals surface area contributed by atoms with Crippen LogP contribution in [0.1, 0.15) is 65.9 Å². The molecule has 1 aromatic heterocycles. The maximum Gasteiger partial charge on any atom is 0.243 e. The Morgan fingerprint density at radius 2 is 1.32 bits per heavy atom. The van der Waals surface area contributed by atoms with E-state index in [1.807, 2.05) is 38.1 Å². The van der Waals surface area contributed by atoms with Crippen LogP contribution in [0.4, 0.5) is 0 Å². The summed E-state index contributed by atoms with van der Waals surface area (Å²) in [6.45, 7) is 8.69. The second-order valence-electron chi connectivity index (χ2n) is 13.5. The standard InChI is InChI=1S/C34H51N9O7/c1-17(2)13-24-33(49)43-28(18(3)4)34(50)42-26(15-27(36)44)32(48)39-23(11-8-12-35)30(46)41-25(31(47)38-19(5)29(45)40-24)14-20-16-37-22-10-7-6-9-21(20)22/h6-7,9-10,16-19,23-26,28,37H,8,11-15,35H2,1-5H3,(H2,36,44)(H,38,47)(H,39,48)(H,40,45)(H,41,46)(H,42,50)(H,43,49)/t19-,23+,24+,25-,26-,28-/m0/s1. The van der Waals surface area contributed by atoms with Crippen molar-refractivity contribution in [1.82, 2.24) is 36.9 Å². The second-order valence-corrected chi connectivity index (χ2v) is 13.5. The third kappa shape index (κ3) is 11.0. The average Bonchev–Trinajstić information content (AvgIpc) is 3.45. The molecule has 0 bridgehead atoms. The molecule has 274 valence electrons. The molecule has 16 nitrogen and oxygen atoms in total. The van der Waals surface area contributed by atoms with Gasteiger partial charge in [0.25, 0.3) is 0 Å². The molecule has 0 saturated carbocycles. The van der Waals surface area contributed by atoms with E-state index in [0.29, 0.717) is 12.0 Å². The molecule has 11 N–H and O–H groups in total. The van der Waals surface area contributed by atoms with Crippen molar-refractivity contribution in [2.75, 3.05) is 6.54 Å². The highest BCUT2D eigenvalue weighted by molar-refractivity contribution is 5.99. The van der Waals surface area contributed by atoms with E-state index in [1.165, 1.54) is 6.92 Å². The summed E-state index contributed by atoms with van der Waals surface area (Å²) >= 11 is 0. The van der Waals surface area contributed by atoms with Crippen LogP contribution in [0.2, 0.25) is 0 Å². The van der Waals surface area contributed by atoms with Crippen molar-refractivity contribution in [2.24, 2.45) is 23.3 Å². The molecule has 7 amide bonds. The van der Waals surface area contributed by atoms with E-state index in [-0.39, 0.29) is 31.7 Å². The Morgan fingerprint density at radius 1 is 0.740 bits per heavy atom. The fourth-order valence-electron chi connectivity index (χ4n) is 5.71. The van der Waals surface area contributed by atoms with Crippen LogP contribution < -0.4 is 43.4 Å². The van der Waals surface area contributed by atoms with Crippen LogP contribution in [-0.4, -0.2) is 89.1 Å². The zero-order chi connectivity index (χ0) is 37.1. The summed E-state index contributed by atoms with van der Waals surface area (Å²) in [7, 11) is 0. The van der Waals surface area contributed by atoms with Crippen LogP contribution >= 0.6 is 0 Å². The summed E-state index contributed by atoms with van der Waals surface area (Å²) in [5.41, 5.74) is 12.7. The molecule has 1 aromatic carbocycles. The molecule has 2 heterocycles. The van der Waals surface area contributed by atoms with Crippen molar-refractivity contribution >= 4 is 52.3 Å². The Morgan fingerprint density at radius 3 is 1.96 bits per heavy atom. The number of hydrogen-bond donors (Lipinski definition) is 9. The Hall–Kier alpha value is -4.99. The normalized spacial score (nSPS) is 24.8. The van der Waals surface area contributed by atoms with Crippen LogP contribution in [0.5, 0.6) is 0 Å². The maximum absolute atomic E-state index is 13.8. The zero-order valence-corrected chi connectivity index (χ0v) is 29.3. The van der Waals surface area contributed by atoms with E-state index in [2.05, 4.69) is 36.9 Å². The third-order valence-corrected chi connectivity index (χ3v) is 8.44. The van der Waals surface area contributed by atoms with Crippen LogP contribution in [0.25, 0.3) is 10.9 Å². The molecule has 0 radical (unpaired) electrons. The maximum atomic E-state index is 13.8. The molecule has 50 heavy (non-hydrogen) atoms. The topological polar surface area (TPSA) is 260 Å². The number of fused-ring (bicyclic) bond motifs is 1. The van der Waals surface area contributed by atoms with Gasteiger partial charge < -0.3 is 48.4 Å². The number of H-pyrrole nitrogens is 1. The molecule has 1 fully saturated rings. The van der Waals surface area contributed by atoms with Crippen molar-refractivity contribution in [3.8, 4) is 0 Å². The molecule has 2 aromatic rings. The van der Waals surface area contributed by atoms with E-state index < -0.39 is 89.9 Å². The summed E-state index contributed by atoms with van der Waals surface area (Å²) in [6.07, 6.45) is 1.71. The first-order valence-corrected chi connectivity index (χ1v) is 17.0. The van der Waals surface area contributed by atoms with Gasteiger partial charge in [0.05, 0.1) is 6.42 Å². The van der Waals surface area contributed by atoms with Crippen LogP contribution in [0.3, 0.4) is 0 Å². The van der Waals surface area contributed by atoms with Gasteiger partial charge in [-0.25, -0.2) is 0 Å². The summed E-state index contributed by atoms with van der Waals surface area (Å²) in [5.74, 6) is -5.78. The predicted octanol–water partition coefficient (Wildman–Crippen LogP) is -1.03. The van der Waals surface area contributed by atoms with E-state index in [1.54, 1.807) is 20.0 Å². The lowest BCUT2D eigenvalue weighted by Crippen LogP contribution is -2.62. The molecule has 1 aliphatic heterocycles. The Kier molecular flexibility index (Phi) is 14.3. The highest BCUT2D eigenvalue weighted by Crippen LogP contribution is 2.19. The number of nitrogens with two attached hydrogens (primary N) is 2. The van der Waals surface area contributed by atoms with Gasteiger partial charge >= 0.3 is 0 Å². The fraction of sp³-hybridized carbons (Fsp3) is 0.559. The van der Waals surface area contributed by atoms with Crippen molar-refractivity contribution in [3.05, 3.63) is 36.0 Å². The van der Waals surface area contributed by atoms with Gasteiger partial charge in [-0.15, -0.1) is 0 Å². The first-order chi connectivity index (χ1) is 23.6. The number of carbonyl (C=O) groups is 7. The largest absolute Gasteiger partial charge is 0.370 e. The summed E-state index contributed by atoms with van der Waals surface area (Å²) in [6, 6.07) is 0.0905. The predicted molar refractivity (Wildman–Crippen MR) is 186 cm³/mol. The summed E-state index contributed by atoms with van der Waals surface area (Å²) in [4.78, 5) is 96.8. The number of nitrogens with one attached hydrogen (secondary N) is 7. The minimum Gasteiger partial charge on any atom is -0.370 e. The quantitative estimate of drug-likeness (QED) is 0.148. The number of aromatic nitrogens is 1. The van der Waals surface area contributed by atoms with Crippen molar-refractivity contribution in [1.29, 1.82) is 0 Å². The molecular formula is C34H51N9O7. The SMILES string of the molecule is CC(C)C[C@H]1NC(=O)[C@H](C)NC(=O)[C@H](Cc2c[nH]c3ccccc23)NC(=O)[C@@H](CCCN)NC(=O)[C@H](CC(N)=O)NC(=O)[C@H](C(C)C)NC1=O. The number of primary amides is 1. The monoisotopic (exact) mass is 697 g/mol. The van der Waals surface area contributed by atoms with Crippen molar-refractivity contribution in [2.45, 2.75) is 103 Å². The lowest BCUT2D eigenvalue weighted by molar-refractivity contribution is -0.137. The summed E-state index contributed by atoms with van der Waals surface area (Å²) < 4.78 is 0. The molecule has 1 saturated heterocycles. The molecule has 3 rings (SSSR count). The Balaban J connectivity index is 2.07. The highest BCUT2D eigenvalue weighted by Gasteiger charge is 2.35. The number of amides is 7. The van der Waals surface area contributed by atoms with Crippen molar-refractivity contribution < 1.29 is 33.6 Å². The average molecular weight is 698 g/mol. The van der Waals surface area contributed by atoms with Gasteiger partial charge in [0.15, 0.2) is 0 Å². The van der Waals surface area contributed by atoms with Gasteiger partial charge in [0, 0.05) is 23.5 Å². The summed E-state index contributed by atoms with van der Waals surface area (Å²) in [5, 5.41) is 16.6. The number of carbonyl (C=O) groups excluding carboxylic acids is 7. The number of aromatic amines is 1. The number of para-hydroxylation sites is 1. The fourth-order valence-corrected chi connectivity index (χ4v) is 5.71. The first-order valence-electron chi connectivity index (χ1n) is 17.0. The third-order valence-electron chi connectivity index (χ3n) is 8.44. The zero-order valence-electron chi connectivity index (χ0n) is 29.3. The number of rotatable bonds is 10. The van der Waals surface area contributed by atoms with E-state index in [0.717, 1.165) is 10.9 Å². The van der Waals surface area contributed by atoms with Crippen LogP contribution in [0.15, 0.2) is 30.5 Å². The molecule has 0 spiro atoms. The molecule has 1 aliphatic rings. The highest BCUT2D eigenvalue weighted by atomic mass is 16.2. The van der Waals surface area contributed by atoms with E-state index in [9.17, 15) is 33.6 Å². The van der Waals surface area contributed by atoms with Gasteiger partial charge in [0.1, 0.15) is 36.3 Å². The van der Waals surface area contributed by atoms with Gasteiger partial charge in [-0.05, 0) is 56.2 Å². The van der Waals surface area contributed by atoms with Gasteiger partial charge in [-0.3, -0.25) is 33.6 Å². The smallest absolute Gasteiger partial charge is 0.243 e. The van der Waals surface area contributed by atoms with Gasteiger partial charge in [-0.1, -0.05) is 45.9 Å². The van der Waals surface area contributed by atoms with E-state index >= 15 is 0 Å². The first kappa shape index (κ1) is 39.4. The van der Waals surface area contributed by atoms with Crippen LogP contribution in [0, 0.1) is 11.8 Å². The molecule has 0 unspecified atom stereocenters. The van der Waals surface area contributed by atoms with E-state index in [4.69, 9.17) is 11.5 Å². The molecule has 6 atom stereocenters. The minimum absolute atomic E-state index is 0.0167. The Bertz CT molecular complexity index is 1560. The van der Waals surface area contributed by atoms with Gasteiger partial charge in [0.2, 0.25) is 41.4 Å².